The van der Waals surface area contributed by atoms with E-state index in [1.165, 1.54) is 7.11 Å². The minimum atomic E-state index is -0.664. The first-order chi connectivity index (χ1) is 9.31. The Morgan fingerprint density at radius 1 is 1.30 bits per heavy atom. The normalized spacial score (nSPS) is 49.8. The molecule has 0 N–H and O–H groups in total. The van der Waals surface area contributed by atoms with Crippen LogP contribution < -0.4 is 0 Å². The Morgan fingerprint density at radius 3 is 2.60 bits per heavy atom. The predicted octanol–water partition coefficient (Wildman–Crippen LogP) is 2.62. The van der Waals surface area contributed by atoms with Crippen LogP contribution in [0.4, 0.5) is 0 Å². The molecule has 5 heteroatoms. The molecule has 3 rings (SSSR count). The molecule has 1 aliphatic carbocycles. The van der Waals surface area contributed by atoms with Gasteiger partial charge in [-0.15, -0.1) is 0 Å². The second-order valence-corrected chi connectivity index (χ2v) is 7.86. The highest BCUT2D eigenvalue weighted by Gasteiger charge is 2.74. The van der Waals surface area contributed by atoms with E-state index in [4.69, 9.17) is 9.47 Å². The van der Waals surface area contributed by atoms with Crippen molar-refractivity contribution < 1.29 is 19.1 Å². The molecular weight excluding hydrogens is 324 g/mol. The van der Waals surface area contributed by atoms with Crippen LogP contribution in [-0.2, 0) is 19.1 Å². The van der Waals surface area contributed by atoms with Crippen molar-refractivity contribution in [2.24, 2.45) is 11.3 Å². The van der Waals surface area contributed by atoms with Gasteiger partial charge in [-0.3, -0.25) is 9.59 Å². The monoisotopic (exact) mass is 344 g/mol. The second kappa shape index (κ2) is 4.29. The number of esters is 1. The van der Waals surface area contributed by atoms with Gasteiger partial charge in [0.15, 0.2) is 0 Å². The summed E-state index contributed by atoms with van der Waals surface area (Å²) in [6.07, 6.45) is 3.75. The van der Waals surface area contributed by atoms with Crippen molar-refractivity contribution in [3.8, 4) is 0 Å². The molecule has 0 radical (unpaired) electrons. The Bertz CT molecular complexity index is 478. The highest BCUT2D eigenvalue weighted by molar-refractivity contribution is 9.09. The van der Waals surface area contributed by atoms with Crippen molar-refractivity contribution in [2.75, 3.05) is 7.11 Å². The number of rotatable bonds is 2. The molecule has 112 valence electrons. The summed E-state index contributed by atoms with van der Waals surface area (Å²) in [5.74, 6) is -0.258. The molecule has 0 amide bonds. The Morgan fingerprint density at radius 2 is 2.00 bits per heavy atom. The van der Waals surface area contributed by atoms with Gasteiger partial charge in [0.2, 0.25) is 0 Å². The van der Waals surface area contributed by atoms with Crippen LogP contribution in [0.2, 0.25) is 0 Å². The van der Waals surface area contributed by atoms with Crippen molar-refractivity contribution in [3.05, 3.63) is 0 Å². The largest absolute Gasteiger partial charge is 0.469 e. The fraction of sp³-hybridized carbons (Fsp3) is 0.867. The van der Waals surface area contributed by atoms with Gasteiger partial charge < -0.3 is 9.47 Å². The van der Waals surface area contributed by atoms with Crippen LogP contribution in [0.3, 0.4) is 0 Å². The molecule has 1 spiro atoms. The minimum Gasteiger partial charge on any atom is -0.469 e. The second-order valence-electron chi connectivity index (χ2n) is 6.75. The molecule has 2 heterocycles. The molecule has 2 saturated heterocycles. The van der Waals surface area contributed by atoms with Crippen LogP contribution in [0.15, 0.2) is 0 Å². The highest BCUT2D eigenvalue weighted by Crippen LogP contribution is 2.67. The molecule has 0 unspecified atom stereocenters. The Hall–Kier alpha value is -0.420. The number of Topliss-reactive ketones (excluding diaryl/α,β-unsaturated/α-hetero) is 1. The zero-order valence-corrected chi connectivity index (χ0v) is 13.8. The summed E-state index contributed by atoms with van der Waals surface area (Å²) in [4.78, 5) is 24.7. The van der Waals surface area contributed by atoms with Gasteiger partial charge in [0.25, 0.3) is 0 Å². The number of carbonyl (C=O) groups excluding carboxylic acids is 2. The summed E-state index contributed by atoms with van der Waals surface area (Å²) in [7, 11) is 1.43. The van der Waals surface area contributed by atoms with E-state index in [1.807, 2.05) is 0 Å². The Labute approximate surface area is 127 Å². The van der Waals surface area contributed by atoms with E-state index in [0.717, 1.165) is 19.3 Å². The van der Waals surface area contributed by atoms with Gasteiger partial charge in [0.05, 0.1) is 23.7 Å². The molecule has 3 aliphatic rings. The molecule has 1 saturated carbocycles. The SMILES string of the molecule is COC(=O)[C@@]12CC[C@@H](C(C)=O)[C@@]13CC[C@@](C)(O3)[C@@H](Br)C2. The average Bonchev–Trinajstić information content (AvgIpc) is 2.89. The van der Waals surface area contributed by atoms with Crippen molar-refractivity contribution in [1.82, 2.24) is 0 Å². The molecule has 2 bridgehead atoms. The smallest absolute Gasteiger partial charge is 0.314 e. The quantitative estimate of drug-likeness (QED) is 0.570. The van der Waals surface area contributed by atoms with E-state index >= 15 is 0 Å². The van der Waals surface area contributed by atoms with E-state index in [1.54, 1.807) is 6.92 Å². The number of ketones is 1. The van der Waals surface area contributed by atoms with Crippen molar-refractivity contribution in [3.63, 3.8) is 0 Å². The summed E-state index contributed by atoms with van der Waals surface area (Å²) in [5.41, 5.74) is -1.59. The topological polar surface area (TPSA) is 52.6 Å². The van der Waals surface area contributed by atoms with E-state index in [2.05, 4.69) is 22.9 Å². The maximum atomic E-state index is 12.5. The summed E-state index contributed by atoms with van der Waals surface area (Å²) in [6.45, 7) is 3.70. The molecule has 2 aliphatic heterocycles. The molecule has 0 aromatic carbocycles. The number of ether oxygens (including phenoxy) is 2. The van der Waals surface area contributed by atoms with Crippen LogP contribution in [0.5, 0.6) is 0 Å². The molecule has 5 atom stereocenters. The Balaban J connectivity index is 2.13. The molecule has 3 fully saturated rings. The first kappa shape index (κ1) is 14.5. The number of alkyl halides is 1. The lowest BCUT2D eigenvalue weighted by molar-refractivity contribution is -0.214. The van der Waals surface area contributed by atoms with Gasteiger partial charge in [-0.05, 0) is 46.0 Å². The average molecular weight is 345 g/mol. The zero-order valence-electron chi connectivity index (χ0n) is 12.2. The first-order valence-corrected chi connectivity index (χ1v) is 8.16. The molecule has 20 heavy (non-hydrogen) atoms. The van der Waals surface area contributed by atoms with Crippen LogP contribution in [0.1, 0.15) is 46.0 Å². The standard InChI is InChI=1S/C15H21BrO4/c1-9(17)10-4-5-14(12(18)19-3)8-11(16)13(2)6-7-15(10,14)20-13/h10-11H,4-8H2,1-3H3/t10-,11-,13+,14-,15-/m0/s1. The van der Waals surface area contributed by atoms with Gasteiger partial charge in [0, 0.05) is 10.7 Å². The van der Waals surface area contributed by atoms with Gasteiger partial charge in [-0.1, -0.05) is 15.9 Å². The molecule has 0 aromatic heterocycles. The van der Waals surface area contributed by atoms with Gasteiger partial charge >= 0.3 is 5.97 Å². The minimum absolute atomic E-state index is 0.121. The summed E-state index contributed by atoms with van der Waals surface area (Å²) in [6, 6.07) is 0. The molecule has 0 aromatic rings. The predicted molar refractivity (Wildman–Crippen MR) is 76.6 cm³/mol. The lowest BCUT2D eigenvalue weighted by Gasteiger charge is -2.51. The van der Waals surface area contributed by atoms with Gasteiger partial charge in [-0.25, -0.2) is 0 Å². The maximum absolute atomic E-state index is 12.5. The van der Waals surface area contributed by atoms with Gasteiger partial charge in [0.1, 0.15) is 5.78 Å². The van der Waals surface area contributed by atoms with Crippen LogP contribution in [0, 0.1) is 11.3 Å². The van der Waals surface area contributed by atoms with Crippen molar-refractivity contribution >= 4 is 27.7 Å². The van der Waals surface area contributed by atoms with E-state index < -0.39 is 11.0 Å². The van der Waals surface area contributed by atoms with Crippen molar-refractivity contribution in [1.29, 1.82) is 0 Å². The van der Waals surface area contributed by atoms with Crippen LogP contribution in [0.25, 0.3) is 0 Å². The fourth-order valence-corrected chi connectivity index (χ4v) is 5.68. The van der Waals surface area contributed by atoms with Crippen molar-refractivity contribution in [2.45, 2.75) is 62.0 Å². The third-order valence-corrected chi connectivity index (χ3v) is 7.19. The van der Waals surface area contributed by atoms with E-state index in [-0.39, 0.29) is 28.1 Å². The zero-order chi connectivity index (χ0) is 14.8. The third kappa shape index (κ3) is 1.51. The number of hydrogen-bond acceptors (Lipinski definition) is 4. The Kier molecular flexibility index (Phi) is 3.11. The lowest BCUT2D eigenvalue weighted by Crippen LogP contribution is -2.61. The van der Waals surface area contributed by atoms with E-state index in [9.17, 15) is 9.59 Å². The summed E-state index contributed by atoms with van der Waals surface area (Å²) in [5, 5.41) is 0. The summed E-state index contributed by atoms with van der Waals surface area (Å²) >= 11 is 3.70. The fourth-order valence-electron chi connectivity index (χ4n) is 4.81. The van der Waals surface area contributed by atoms with Gasteiger partial charge in [-0.2, -0.15) is 0 Å². The summed E-state index contributed by atoms with van der Waals surface area (Å²) < 4.78 is 11.5. The third-order valence-electron chi connectivity index (χ3n) is 5.90. The number of hydrogen-bond donors (Lipinski definition) is 0. The van der Waals surface area contributed by atoms with E-state index in [0.29, 0.717) is 12.8 Å². The first-order valence-electron chi connectivity index (χ1n) is 7.24. The lowest BCUT2D eigenvalue weighted by atomic mass is 9.66. The van der Waals surface area contributed by atoms with Crippen LogP contribution >= 0.6 is 15.9 Å². The molecule has 4 nitrogen and oxygen atoms in total. The number of methoxy groups -OCH3 is 1. The molecular formula is C15H21BrO4. The number of halogens is 1. The number of carbonyl (C=O) groups is 2. The highest BCUT2D eigenvalue weighted by atomic mass is 79.9. The maximum Gasteiger partial charge on any atom is 0.314 e. The van der Waals surface area contributed by atoms with Crippen LogP contribution in [-0.4, -0.2) is 34.9 Å². The number of fused-ring (bicyclic) bond motifs is 1.